The number of thiophene rings is 2. The zero-order chi connectivity index (χ0) is 54.7. The van der Waals surface area contributed by atoms with Gasteiger partial charge in [-0.3, -0.25) is 0 Å². The van der Waals surface area contributed by atoms with Gasteiger partial charge in [-0.25, -0.2) is 0 Å². The van der Waals surface area contributed by atoms with Gasteiger partial charge in [-0.1, -0.05) is 180 Å². The van der Waals surface area contributed by atoms with E-state index in [-0.39, 0.29) is 25.4 Å². The SMILES string of the molecule is CCCCCCCCC1(CCCCCCCC)c2ccccc2-c2ccc(-c3ccc(-c4c5c(c(-c6ccc(-c7ccc8c(c7)C(CCCCCCCC)(CCCCCCCC)c7ccccc7-8)s6)c6nsnc46)N=[Se]=N5)s3)cc21. The van der Waals surface area contributed by atoms with Gasteiger partial charge in [0.05, 0.1) is 0 Å². The van der Waals surface area contributed by atoms with Crippen molar-refractivity contribution < 1.29 is 0 Å². The predicted molar refractivity (Wildman–Crippen MR) is 349 cm³/mol. The van der Waals surface area contributed by atoms with E-state index in [0.717, 1.165) is 33.5 Å². The number of benzene rings is 5. The molecule has 0 saturated heterocycles. The van der Waals surface area contributed by atoms with Crippen molar-refractivity contribution in [3.05, 3.63) is 131 Å². The fourth-order valence-corrected chi connectivity index (χ4v) is 18.2. The summed E-state index contributed by atoms with van der Waals surface area (Å²) in [6.07, 6.45) is 36.7. The van der Waals surface area contributed by atoms with Gasteiger partial charge in [0.25, 0.3) is 0 Å². The summed E-state index contributed by atoms with van der Waals surface area (Å²) in [4.78, 5) is 4.99. The first kappa shape index (κ1) is 57.3. The molecule has 0 unspecified atom stereocenters. The van der Waals surface area contributed by atoms with E-state index in [4.69, 9.17) is 16.7 Å². The van der Waals surface area contributed by atoms with Crippen LogP contribution in [0.15, 0.2) is 117 Å². The van der Waals surface area contributed by atoms with Crippen molar-refractivity contribution in [2.24, 2.45) is 7.92 Å². The van der Waals surface area contributed by atoms with E-state index in [9.17, 15) is 0 Å². The first-order valence-electron chi connectivity index (χ1n) is 31.6. The fraction of sp³-hybridized carbons (Fsp3) is 0.472. The summed E-state index contributed by atoms with van der Waals surface area (Å²) in [5.74, 6) is 0. The Morgan fingerprint density at radius 2 is 0.688 bits per heavy atom. The second-order valence-electron chi connectivity index (χ2n) is 23.8. The van der Waals surface area contributed by atoms with Crippen LogP contribution in [-0.2, 0) is 10.8 Å². The van der Waals surface area contributed by atoms with Gasteiger partial charge in [0.1, 0.15) is 0 Å². The number of hydrogen-bond donors (Lipinski definition) is 0. The predicted octanol–water partition coefficient (Wildman–Crippen LogP) is 24.4. The molecule has 0 spiro atoms. The molecule has 11 rings (SSSR count). The van der Waals surface area contributed by atoms with Crippen molar-refractivity contribution in [1.29, 1.82) is 0 Å². The van der Waals surface area contributed by atoms with E-state index in [0.29, 0.717) is 0 Å². The standard InChI is InChI=1S/C72H86N4S3Se/c1-5-9-13-17-21-29-45-71(46-30-22-18-14-10-6-2)57-35-27-25-33-53(57)55-39-37-51(49-59(55)71)61-41-43-63(77-61)65-67-68(74-79-73-67)66(70-69(65)75-80-76-70)64-44-42-62(78-64)52-38-40-56-54-34-26-28-36-58(54)72(60(56)50-52,47-31-23-19-15-11-7-3)48-32-24-20-16-12-8-4/h25-28,33-44,49-50H,5-24,29-32,45-48H2,1-4H3. The second-order valence-corrected chi connectivity index (χ2v) is 27.7. The molecule has 4 nitrogen and oxygen atoms in total. The summed E-state index contributed by atoms with van der Waals surface area (Å²) < 4.78 is 20.7. The van der Waals surface area contributed by atoms with Crippen LogP contribution in [0.4, 0.5) is 11.4 Å². The van der Waals surface area contributed by atoms with Gasteiger partial charge in [0.15, 0.2) is 0 Å². The van der Waals surface area contributed by atoms with E-state index in [2.05, 4.69) is 137 Å². The van der Waals surface area contributed by atoms with Gasteiger partial charge >= 0.3 is 321 Å². The van der Waals surface area contributed by atoms with Gasteiger partial charge in [-0.15, -0.1) is 0 Å². The number of hydrogen-bond acceptors (Lipinski definition) is 7. The molecular formula is C72H86N4S3Se. The van der Waals surface area contributed by atoms with E-state index >= 15 is 0 Å². The number of unbranched alkanes of at least 4 members (excludes halogenated alkanes) is 20. The second kappa shape index (κ2) is 27.2. The zero-order valence-corrected chi connectivity index (χ0v) is 52.8. The fourth-order valence-electron chi connectivity index (χ4n) is 14.4. The molecule has 0 atom stereocenters. The van der Waals surface area contributed by atoms with E-state index in [1.807, 2.05) is 22.7 Å². The molecule has 0 saturated carbocycles. The average molecular weight is 1180 g/mol. The Morgan fingerprint density at radius 1 is 0.350 bits per heavy atom. The Kier molecular flexibility index (Phi) is 19.5. The van der Waals surface area contributed by atoms with Crippen LogP contribution < -0.4 is 0 Å². The Hall–Kier alpha value is -4.56. The van der Waals surface area contributed by atoms with Gasteiger partial charge in [0.2, 0.25) is 0 Å². The first-order chi connectivity index (χ1) is 39.5. The zero-order valence-electron chi connectivity index (χ0n) is 48.6. The summed E-state index contributed by atoms with van der Waals surface area (Å²) >= 11 is 4.85. The molecule has 3 aliphatic rings. The number of nitrogens with zero attached hydrogens (tertiary/aromatic N) is 4. The molecule has 0 bridgehead atoms. The van der Waals surface area contributed by atoms with Crippen LogP contribution in [0.1, 0.15) is 230 Å². The first-order valence-corrected chi connectivity index (χ1v) is 35.5. The quantitative estimate of drug-likeness (QED) is 0.0312. The maximum atomic E-state index is 5.24. The van der Waals surface area contributed by atoms with Crippen LogP contribution in [0.3, 0.4) is 0 Å². The van der Waals surface area contributed by atoms with Crippen molar-refractivity contribution in [2.75, 3.05) is 0 Å². The molecule has 5 aromatic carbocycles. The Bertz CT molecular complexity index is 3190. The van der Waals surface area contributed by atoms with Crippen molar-refractivity contribution in [3.8, 4) is 64.0 Å². The van der Waals surface area contributed by atoms with Gasteiger partial charge < -0.3 is 0 Å². The van der Waals surface area contributed by atoms with Crippen LogP contribution in [0.2, 0.25) is 0 Å². The van der Waals surface area contributed by atoms with E-state index in [1.165, 1.54) is 244 Å². The summed E-state index contributed by atoms with van der Waals surface area (Å²) in [6.45, 7) is 9.30. The molecule has 2 aliphatic carbocycles. The topological polar surface area (TPSA) is 50.5 Å². The minimum absolute atomic E-state index is 0.0498. The molecule has 80 heavy (non-hydrogen) atoms. The molecule has 418 valence electrons. The molecule has 0 amide bonds. The van der Waals surface area contributed by atoms with E-state index < -0.39 is 0 Å². The van der Waals surface area contributed by atoms with Gasteiger partial charge in [-0.2, -0.15) is 0 Å². The third kappa shape index (κ3) is 11.7. The Labute approximate surface area is 498 Å². The molecule has 8 heteroatoms. The molecular weight excluding hydrogens is 1100 g/mol. The van der Waals surface area contributed by atoms with Gasteiger partial charge in [0, 0.05) is 0 Å². The molecule has 0 N–H and O–H groups in total. The van der Waals surface area contributed by atoms with Gasteiger partial charge in [-0.05, 0) is 0 Å². The molecule has 3 aromatic heterocycles. The minimum atomic E-state index is -0.233. The van der Waals surface area contributed by atoms with Crippen LogP contribution in [-0.4, -0.2) is 23.3 Å². The van der Waals surface area contributed by atoms with Crippen molar-refractivity contribution in [1.82, 2.24) is 8.75 Å². The van der Waals surface area contributed by atoms with Crippen LogP contribution in [0, 0.1) is 0 Å². The third-order valence-electron chi connectivity index (χ3n) is 18.6. The normalized spacial score (nSPS) is 14.2. The molecule has 0 radical (unpaired) electrons. The molecule has 1 aliphatic heterocycles. The Morgan fingerprint density at radius 3 is 1.07 bits per heavy atom. The molecule has 4 heterocycles. The maximum absolute atomic E-state index is 5.24. The number of rotatable bonds is 32. The number of fused-ring (bicyclic) bond motifs is 8. The van der Waals surface area contributed by atoms with Crippen molar-refractivity contribution in [3.63, 3.8) is 0 Å². The summed E-state index contributed by atoms with van der Waals surface area (Å²) in [6, 6.07) is 43.1. The third-order valence-corrected chi connectivity index (χ3v) is 22.5. The van der Waals surface area contributed by atoms with Crippen LogP contribution in [0.5, 0.6) is 0 Å². The summed E-state index contributed by atoms with van der Waals surface area (Å²) in [5, 5.41) is 0. The summed E-state index contributed by atoms with van der Waals surface area (Å²) in [7, 11) is 0. The monoisotopic (exact) mass is 1180 g/mol. The van der Waals surface area contributed by atoms with Crippen molar-refractivity contribution >= 4 is 71.4 Å². The van der Waals surface area contributed by atoms with Crippen LogP contribution >= 0.6 is 34.4 Å². The van der Waals surface area contributed by atoms with Crippen LogP contribution in [0.25, 0.3) is 75.0 Å². The number of aromatic nitrogens is 2. The Balaban J connectivity index is 0.903. The summed E-state index contributed by atoms with van der Waals surface area (Å²) in [5.41, 5.74) is 20.9. The van der Waals surface area contributed by atoms with E-state index in [1.54, 1.807) is 22.3 Å². The molecule has 0 fully saturated rings. The van der Waals surface area contributed by atoms with Crippen molar-refractivity contribution in [2.45, 2.75) is 218 Å². The average Bonchev–Trinajstić information content (AvgIpc) is 4.55. The molecule has 8 aromatic rings.